The van der Waals surface area contributed by atoms with Crippen molar-refractivity contribution in [1.82, 2.24) is 9.71 Å². The van der Waals surface area contributed by atoms with Crippen molar-refractivity contribution in [3.63, 3.8) is 0 Å². The second-order valence-corrected chi connectivity index (χ2v) is 7.71. The number of nitrogens with one attached hydrogen (secondary N) is 2. The molecule has 0 radical (unpaired) electrons. The van der Waals surface area contributed by atoms with Gasteiger partial charge in [0.05, 0.1) is 5.02 Å². The predicted molar refractivity (Wildman–Crippen MR) is 86.2 cm³/mol. The molecule has 0 aliphatic carbocycles. The molecule has 114 valence electrons. The van der Waals surface area contributed by atoms with Crippen LogP contribution >= 0.6 is 23.4 Å². The molecule has 5 nitrogen and oxygen atoms in total. The van der Waals surface area contributed by atoms with Crippen molar-refractivity contribution in [2.24, 2.45) is 0 Å². The summed E-state index contributed by atoms with van der Waals surface area (Å²) in [7, 11) is -3.55. The minimum Gasteiger partial charge on any atom is -0.369 e. The predicted octanol–water partition coefficient (Wildman–Crippen LogP) is 2.59. The van der Waals surface area contributed by atoms with E-state index in [-0.39, 0.29) is 4.90 Å². The molecule has 0 bridgehead atoms. The van der Waals surface area contributed by atoms with E-state index >= 15 is 0 Å². The maximum atomic E-state index is 12.1. The van der Waals surface area contributed by atoms with Crippen LogP contribution in [0.15, 0.2) is 17.2 Å². The molecular weight excluding hydrogens is 318 g/mol. The fourth-order valence-electron chi connectivity index (χ4n) is 1.46. The molecule has 0 aliphatic rings. The maximum Gasteiger partial charge on any atom is 0.242 e. The first kappa shape index (κ1) is 17.6. The van der Waals surface area contributed by atoms with E-state index in [1.54, 1.807) is 11.8 Å². The van der Waals surface area contributed by atoms with E-state index in [9.17, 15) is 8.42 Å². The van der Waals surface area contributed by atoms with Gasteiger partial charge in [0, 0.05) is 24.5 Å². The van der Waals surface area contributed by atoms with Gasteiger partial charge in [-0.3, -0.25) is 0 Å². The summed E-state index contributed by atoms with van der Waals surface area (Å²) in [5.74, 6) is 0.490. The molecule has 0 aliphatic heterocycles. The molecule has 0 spiro atoms. The fourth-order valence-corrected chi connectivity index (χ4v) is 3.13. The lowest BCUT2D eigenvalue weighted by Crippen LogP contribution is -2.26. The number of hydrogen-bond donors (Lipinski definition) is 2. The van der Waals surface area contributed by atoms with E-state index < -0.39 is 10.0 Å². The van der Waals surface area contributed by atoms with Gasteiger partial charge < -0.3 is 5.32 Å². The van der Waals surface area contributed by atoms with Gasteiger partial charge >= 0.3 is 0 Å². The molecule has 2 N–H and O–H groups in total. The quantitative estimate of drug-likeness (QED) is 0.763. The summed E-state index contributed by atoms with van der Waals surface area (Å²) >= 11 is 7.71. The normalized spacial score (nSPS) is 13.2. The third-order valence-electron chi connectivity index (χ3n) is 2.72. The second kappa shape index (κ2) is 8.07. The lowest BCUT2D eigenvalue weighted by atomic mass is 10.3. The van der Waals surface area contributed by atoms with E-state index in [0.717, 1.165) is 6.42 Å². The van der Waals surface area contributed by atoms with Crippen LogP contribution in [-0.4, -0.2) is 38.0 Å². The smallest absolute Gasteiger partial charge is 0.242 e. The van der Waals surface area contributed by atoms with Crippen LogP contribution in [0.4, 0.5) is 5.82 Å². The van der Waals surface area contributed by atoms with Crippen molar-refractivity contribution in [1.29, 1.82) is 0 Å². The van der Waals surface area contributed by atoms with Crippen LogP contribution in [-0.2, 0) is 10.0 Å². The molecule has 0 aromatic carbocycles. The van der Waals surface area contributed by atoms with Gasteiger partial charge in [0.15, 0.2) is 0 Å². The third-order valence-corrected chi connectivity index (χ3v) is 5.47. The van der Waals surface area contributed by atoms with Gasteiger partial charge in [-0.1, -0.05) is 18.5 Å². The molecule has 1 atom stereocenters. The molecule has 1 aromatic heterocycles. The number of thioether (sulfide) groups is 1. The largest absolute Gasteiger partial charge is 0.369 e. The Balaban J connectivity index is 2.75. The fraction of sp³-hybridized carbons (Fsp3) is 0.583. The monoisotopic (exact) mass is 337 g/mol. The zero-order valence-electron chi connectivity index (χ0n) is 11.8. The summed E-state index contributed by atoms with van der Waals surface area (Å²) < 4.78 is 26.7. The van der Waals surface area contributed by atoms with Crippen molar-refractivity contribution in [2.45, 2.75) is 30.4 Å². The topological polar surface area (TPSA) is 71.1 Å². The molecule has 20 heavy (non-hydrogen) atoms. The van der Waals surface area contributed by atoms with Crippen LogP contribution < -0.4 is 10.0 Å². The SMILES string of the molecule is CCNc1ncc(S(=O)(=O)NCCC(C)SC)cc1Cl. The minimum absolute atomic E-state index is 0.0842. The average molecular weight is 338 g/mol. The molecule has 8 heteroatoms. The Morgan fingerprint density at radius 3 is 2.75 bits per heavy atom. The van der Waals surface area contributed by atoms with Crippen molar-refractivity contribution >= 4 is 39.2 Å². The first-order valence-electron chi connectivity index (χ1n) is 6.32. The highest BCUT2D eigenvalue weighted by molar-refractivity contribution is 7.99. The van der Waals surface area contributed by atoms with Gasteiger partial charge in [0.25, 0.3) is 0 Å². The molecule has 1 rings (SSSR count). The van der Waals surface area contributed by atoms with Crippen molar-refractivity contribution in [2.75, 3.05) is 24.7 Å². The zero-order valence-corrected chi connectivity index (χ0v) is 14.2. The van der Waals surface area contributed by atoms with Crippen LogP contribution in [0, 0.1) is 0 Å². The number of halogens is 1. The van der Waals surface area contributed by atoms with Gasteiger partial charge in [0.1, 0.15) is 10.7 Å². The van der Waals surface area contributed by atoms with Crippen LogP contribution in [0.3, 0.4) is 0 Å². The van der Waals surface area contributed by atoms with Crippen molar-refractivity contribution in [3.05, 3.63) is 17.3 Å². The van der Waals surface area contributed by atoms with Gasteiger partial charge in [-0.2, -0.15) is 11.8 Å². The lowest BCUT2D eigenvalue weighted by molar-refractivity contribution is 0.578. The van der Waals surface area contributed by atoms with Crippen LogP contribution in [0.2, 0.25) is 5.02 Å². The summed E-state index contributed by atoms with van der Waals surface area (Å²) in [4.78, 5) is 4.11. The molecule has 0 amide bonds. The average Bonchev–Trinajstić information content (AvgIpc) is 2.40. The summed E-state index contributed by atoms with van der Waals surface area (Å²) in [5, 5.41) is 3.67. The summed E-state index contributed by atoms with van der Waals surface area (Å²) in [6, 6.07) is 1.41. The molecular formula is C12H20ClN3O2S2. The Morgan fingerprint density at radius 2 is 2.20 bits per heavy atom. The standard InChI is InChI=1S/C12H20ClN3O2S2/c1-4-14-12-11(13)7-10(8-15-12)20(17,18)16-6-5-9(2)19-3/h7-9,16H,4-6H2,1-3H3,(H,14,15). The first-order chi connectivity index (χ1) is 9.40. The molecule has 0 saturated carbocycles. The Bertz CT molecular complexity index is 538. The van der Waals surface area contributed by atoms with Crippen LogP contribution in [0.25, 0.3) is 0 Å². The summed E-state index contributed by atoms with van der Waals surface area (Å²) in [5.41, 5.74) is 0. The Kier molecular flexibility index (Phi) is 7.08. The van der Waals surface area contributed by atoms with Gasteiger partial charge in [-0.05, 0) is 25.7 Å². The van der Waals surface area contributed by atoms with Crippen molar-refractivity contribution in [3.8, 4) is 0 Å². The number of sulfonamides is 1. The highest BCUT2D eigenvalue weighted by atomic mass is 35.5. The number of pyridine rings is 1. The molecule has 1 unspecified atom stereocenters. The highest BCUT2D eigenvalue weighted by Crippen LogP contribution is 2.22. The van der Waals surface area contributed by atoms with Gasteiger partial charge in [0.2, 0.25) is 10.0 Å². The number of rotatable bonds is 8. The van der Waals surface area contributed by atoms with Crippen LogP contribution in [0.5, 0.6) is 0 Å². The maximum absolute atomic E-state index is 12.1. The number of aromatic nitrogens is 1. The second-order valence-electron chi connectivity index (χ2n) is 4.26. The van der Waals surface area contributed by atoms with E-state index in [4.69, 9.17) is 11.6 Å². The highest BCUT2D eigenvalue weighted by Gasteiger charge is 2.16. The molecule has 1 heterocycles. The first-order valence-corrected chi connectivity index (χ1v) is 9.47. The van der Waals surface area contributed by atoms with Gasteiger partial charge in [-0.15, -0.1) is 0 Å². The Hall–Kier alpha value is -0.500. The number of anilines is 1. The number of nitrogens with zero attached hydrogens (tertiary/aromatic N) is 1. The third kappa shape index (κ3) is 5.12. The molecule has 1 aromatic rings. The van der Waals surface area contributed by atoms with Crippen molar-refractivity contribution < 1.29 is 8.42 Å². The zero-order chi connectivity index (χ0) is 15.2. The lowest BCUT2D eigenvalue weighted by Gasteiger charge is -2.11. The summed E-state index contributed by atoms with van der Waals surface area (Å²) in [6.07, 6.45) is 4.09. The van der Waals surface area contributed by atoms with E-state index in [2.05, 4.69) is 21.9 Å². The number of hydrogen-bond acceptors (Lipinski definition) is 5. The van der Waals surface area contributed by atoms with Gasteiger partial charge in [-0.25, -0.2) is 18.1 Å². The molecule has 0 fully saturated rings. The summed E-state index contributed by atoms with van der Waals surface area (Å²) in [6.45, 7) is 5.04. The molecule has 0 saturated heterocycles. The van der Waals surface area contributed by atoms with E-state index in [1.165, 1.54) is 12.3 Å². The Labute approximate surface area is 129 Å². The Morgan fingerprint density at radius 1 is 1.50 bits per heavy atom. The van der Waals surface area contributed by atoms with E-state index in [1.807, 2.05) is 13.2 Å². The van der Waals surface area contributed by atoms with E-state index in [0.29, 0.717) is 29.2 Å². The van der Waals surface area contributed by atoms with Crippen LogP contribution in [0.1, 0.15) is 20.3 Å². The minimum atomic E-state index is -3.55.